The molecule has 1 aromatic carbocycles. The van der Waals surface area contributed by atoms with Crippen LogP contribution in [0.2, 0.25) is 0 Å². The number of hydrogen-bond acceptors (Lipinski definition) is 5. The van der Waals surface area contributed by atoms with Gasteiger partial charge in [-0.2, -0.15) is 23.0 Å². The third-order valence-corrected chi connectivity index (χ3v) is 5.30. The molecule has 0 saturated heterocycles. The number of amides is 1. The molecular formula is C21H23F3N6O3. The molecule has 176 valence electrons. The molecule has 9 nitrogen and oxygen atoms in total. The number of halogens is 3. The summed E-state index contributed by atoms with van der Waals surface area (Å²) in [7, 11) is 0. The number of hydrogen-bond donors (Lipinski definition) is 1. The Kier molecular flexibility index (Phi) is 6.56. The van der Waals surface area contributed by atoms with Gasteiger partial charge in [0.05, 0.1) is 46.0 Å². The van der Waals surface area contributed by atoms with Crippen LogP contribution in [0, 0.1) is 30.9 Å². The molecule has 33 heavy (non-hydrogen) atoms. The zero-order valence-corrected chi connectivity index (χ0v) is 18.5. The van der Waals surface area contributed by atoms with E-state index in [-0.39, 0.29) is 12.4 Å². The second-order valence-electron chi connectivity index (χ2n) is 7.66. The SMILES string of the molecule is CCC(C(=O)Nc1c(C)nn(Cc2cccc(C(F)(F)F)c2)c1C)n1nc([N+](=O)[O-])cc1C. The molecule has 0 aliphatic rings. The van der Waals surface area contributed by atoms with Crippen molar-refractivity contribution >= 4 is 17.4 Å². The largest absolute Gasteiger partial charge is 0.416 e. The first-order chi connectivity index (χ1) is 15.4. The van der Waals surface area contributed by atoms with Crippen molar-refractivity contribution in [1.29, 1.82) is 0 Å². The molecule has 0 aliphatic heterocycles. The van der Waals surface area contributed by atoms with Crippen LogP contribution in [-0.2, 0) is 17.5 Å². The van der Waals surface area contributed by atoms with E-state index in [1.807, 2.05) is 0 Å². The zero-order valence-electron chi connectivity index (χ0n) is 18.5. The summed E-state index contributed by atoms with van der Waals surface area (Å²) in [6.07, 6.45) is -4.11. The van der Waals surface area contributed by atoms with E-state index in [1.165, 1.54) is 21.5 Å². The van der Waals surface area contributed by atoms with Crippen molar-refractivity contribution in [3.63, 3.8) is 0 Å². The van der Waals surface area contributed by atoms with Crippen molar-refractivity contribution in [2.75, 3.05) is 5.32 Å². The topological polar surface area (TPSA) is 108 Å². The molecule has 0 spiro atoms. The smallest absolute Gasteiger partial charge is 0.358 e. The van der Waals surface area contributed by atoms with Crippen molar-refractivity contribution in [3.8, 4) is 0 Å². The van der Waals surface area contributed by atoms with Crippen LogP contribution < -0.4 is 5.32 Å². The third-order valence-electron chi connectivity index (χ3n) is 5.30. The monoisotopic (exact) mass is 464 g/mol. The molecule has 1 unspecified atom stereocenters. The molecule has 0 radical (unpaired) electrons. The minimum Gasteiger partial charge on any atom is -0.358 e. The minimum absolute atomic E-state index is 0.0914. The summed E-state index contributed by atoms with van der Waals surface area (Å²) >= 11 is 0. The summed E-state index contributed by atoms with van der Waals surface area (Å²) < 4.78 is 41.8. The number of anilines is 1. The summed E-state index contributed by atoms with van der Waals surface area (Å²) in [6, 6.07) is 5.48. The van der Waals surface area contributed by atoms with Crippen molar-refractivity contribution < 1.29 is 22.9 Å². The number of alkyl halides is 3. The highest BCUT2D eigenvalue weighted by Crippen LogP contribution is 2.30. The van der Waals surface area contributed by atoms with Gasteiger partial charge in [0.2, 0.25) is 0 Å². The van der Waals surface area contributed by atoms with Crippen molar-refractivity contribution in [1.82, 2.24) is 19.6 Å². The number of aromatic nitrogens is 4. The molecule has 1 atom stereocenters. The minimum atomic E-state index is -4.45. The highest BCUT2D eigenvalue weighted by Gasteiger charge is 2.31. The lowest BCUT2D eigenvalue weighted by atomic mass is 10.1. The zero-order chi connectivity index (χ0) is 24.5. The van der Waals surface area contributed by atoms with Gasteiger partial charge in [-0.3, -0.25) is 9.48 Å². The quantitative estimate of drug-likeness (QED) is 0.407. The molecule has 0 fully saturated rings. The lowest BCUT2D eigenvalue weighted by molar-refractivity contribution is -0.389. The summed E-state index contributed by atoms with van der Waals surface area (Å²) in [4.78, 5) is 23.4. The van der Waals surface area contributed by atoms with Crippen LogP contribution in [0.3, 0.4) is 0 Å². The standard InChI is InChI=1S/C21H23F3N6O3/c1-5-17(29-12(2)9-18(27-29)30(32)33)20(31)25-19-13(3)26-28(14(19)4)11-15-7-6-8-16(10-15)21(22,23)24/h6-10,17H,5,11H2,1-4H3,(H,25,31). The number of rotatable bonds is 7. The van der Waals surface area contributed by atoms with Crippen molar-refractivity contribution in [2.24, 2.45) is 0 Å². The van der Waals surface area contributed by atoms with E-state index >= 15 is 0 Å². The number of nitro groups is 1. The van der Waals surface area contributed by atoms with Gasteiger partial charge in [0, 0.05) is 0 Å². The average Bonchev–Trinajstić information content (AvgIpc) is 3.23. The van der Waals surface area contributed by atoms with E-state index in [9.17, 15) is 28.1 Å². The molecule has 0 bridgehead atoms. The predicted molar refractivity (Wildman–Crippen MR) is 114 cm³/mol. The Bertz CT molecular complexity index is 1200. The van der Waals surface area contributed by atoms with Gasteiger partial charge >= 0.3 is 12.0 Å². The van der Waals surface area contributed by atoms with E-state index in [0.717, 1.165) is 12.1 Å². The van der Waals surface area contributed by atoms with Crippen LogP contribution in [0.15, 0.2) is 30.3 Å². The van der Waals surface area contributed by atoms with Gasteiger partial charge < -0.3 is 15.4 Å². The van der Waals surface area contributed by atoms with Crippen LogP contribution in [0.5, 0.6) is 0 Å². The maximum atomic E-state index is 13.0. The maximum absolute atomic E-state index is 13.0. The van der Waals surface area contributed by atoms with Gasteiger partial charge in [-0.1, -0.05) is 19.1 Å². The predicted octanol–water partition coefficient (Wildman–Crippen LogP) is 4.57. The normalized spacial score (nSPS) is 12.6. The Morgan fingerprint density at radius 2 is 1.91 bits per heavy atom. The van der Waals surface area contributed by atoms with E-state index in [4.69, 9.17) is 0 Å². The molecule has 2 aromatic heterocycles. The molecule has 1 N–H and O–H groups in total. The van der Waals surface area contributed by atoms with E-state index < -0.39 is 28.6 Å². The fourth-order valence-electron chi connectivity index (χ4n) is 3.60. The number of nitrogens with zero attached hydrogens (tertiary/aromatic N) is 5. The van der Waals surface area contributed by atoms with Gasteiger partial charge in [-0.25, -0.2) is 0 Å². The summed E-state index contributed by atoms with van der Waals surface area (Å²) in [5.74, 6) is -0.775. The van der Waals surface area contributed by atoms with Crippen LogP contribution in [0.1, 0.15) is 47.6 Å². The highest BCUT2D eigenvalue weighted by atomic mass is 19.4. The molecule has 0 saturated carbocycles. The lowest BCUT2D eigenvalue weighted by Crippen LogP contribution is -2.27. The first-order valence-corrected chi connectivity index (χ1v) is 10.1. The first kappa shape index (κ1) is 24.0. The highest BCUT2D eigenvalue weighted by molar-refractivity contribution is 5.94. The Morgan fingerprint density at radius 3 is 2.48 bits per heavy atom. The molecule has 3 rings (SSSR count). The van der Waals surface area contributed by atoms with E-state index in [1.54, 1.807) is 33.8 Å². The van der Waals surface area contributed by atoms with Gasteiger partial charge in [-0.05, 0) is 49.8 Å². The van der Waals surface area contributed by atoms with E-state index in [2.05, 4.69) is 15.5 Å². The van der Waals surface area contributed by atoms with Gasteiger partial charge in [0.15, 0.2) is 6.04 Å². The average molecular weight is 464 g/mol. The number of aryl methyl sites for hydroxylation is 2. The van der Waals surface area contributed by atoms with Gasteiger partial charge in [0.1, 0.15) is 0 Å². The van der Waals surface area contributed by atoms with Crippen LogP contribution in [-0.4, -0.2) is 30.4 Å². The van der Waals surface area contributed by atoms with Crippen molar-refractivity contribution in [2.45, 2.75) is 52.9 Å². The lowest BCUT2D eigenvalue weighted by Gasteiger charge is -2.15. The number of benzene rings is 1. The van der Waals surface area contributed by atoms with Gasteiger partial charge in [0.25, 0.3) is 5.91 Å². The summed E-state index contributed by atoms with van der Waals surface area (Å²) in [5, 5.41) is 22.1. The molecular weight excluding hydrogens is 441 g/mol. The fourth-order valence-corrected chi connectivity index (χ4v) is 3.60. The number of carbonyl (C=O) groups is 1. The Hall–Kier alpha value is -3.70. The molecule has 12 heteroatoms. The summed E-state index contributed by atoms with van der Waals surface area (Å²) in [6.45, 7) is 6.85. The van der Waals surface area contributed by atoms with Crippen molar-refractivity contribution in [3.05, 3.63) is 68.7 Å². The third kappa shape index (κ3) is 5.04. The van der Waals surface area contributed by atoms with Gasteiger partial charge in [-0.15, -0.1) is 0 Å². The Morgan fingerprint density at radius 1 is 1.21 bits per heavy atom. The Balaban J connectivity index is 1.84. The maximum Gasteiger partial charge on any atom is 0.416 e. The molecule has 1 amide bonds. The molecule has 0 aliphatic carbocycles. The summed E-state index contributed by atoms with van der Waals surface area (Å²) in [5.41, 5.74) is 1.63. The number of nitrogens with one attached hydrogen (secondary N) is 1. The second kappa shape index (κ2) is 9.04. The molecule has 2 heterocycles. The number of carbonyl (C=O) groups excluding carboxylic acids is 1. The van der Waals surface area contributed by atoms with E-state index in [0.29, 0.717) is 34.8 Å². The fraction of sp³-hybridized carbons (Fsp3) is 0.381. The molecule has 3 aromatic rings. The second-order valence-corrected chi connectivity index (χ2v) is 7.66. The van der Waals surface area contributed by atoms with Crippen LogP contribution >= 0.6 is 0 Å². The first-order valence-electron chi connectivity index (χ1n) is 10.1. The van der Waals surface area contributed by atoms with Crippen LogP contribution in [0.4, 0.5) is 24.7 Å². The Labute approximate surface area is 187 Å². The van der Waals surface area contributed by atoms with Crippen LogP contribution in [0.25, 0.3) is 0 Å².